The SMILES string of the molecule is Cc1ccc(CN2CC[C@@H](NC(=O)CNC(=O)c3cc(OC(F)(F)F)ccc3N)C2)cc1NC(=O)N1CCCC1. The van der Waals surface area contributed by atoms with Crippen molar-refractivity contribution < 1.29 is 32.3 Å². The van der Waals surface area contributed by atoms with Crippen LogP contribution < -0.4 is 26.4 Å². The van der Waals surface area contributed by atoms with Gasteiger partial charge in [0, 0.05) is 50.1 Å². The number of rotatable bonds is 8. The number of ether oxygens (including phenoxy) is 1. The lowest BCUT2D eigenvalue weighted by Crippen LogP contribution is -2.43. The summed E-state index contributed by atoms with van der Waals surface area (Å²) in [5, 5.41) is 8.27. The summed E-state index contributed by atoms with van der Waals surface area (Å²) >= 11 is 0. The van der Waals surface area contributed by atoms with Crippen molar-refractivity contribution in [2.45, 2.75) is 45.1 Å². The summed E-state index contributed by atoms with van der Waals surface area (Å²) in [5.41, 5.74) is 8.24. The van der Waals surface area contributed by atoms with E-state index >= 15 is 0 Å². The summed E-state index contributed by atoms with van der Waals surface area (Å²) in [5.74, 6) is -1.80. The zero-order valence-corrected chi connectivity index (χ0v) is 22.1. The Morgan fingerprint density at radius 2 is 1.82 bits per heavy atom. The lowest BCUT2D eigenvalue weighted by Gasteiger charge is -2.20. The van der Waals surface area contributed by atoms with Gasteiger partial charge >= 0.3 is 12.4 Å². The van der Waals surface area contributed by atoms with Gasteiger partial charge in [0.15, 0.2) is 0 Å². The molecule has 0 radical (unpaired) electrons. The van der Waals surface area contributed by atoms with Crippen molar-refractivity contribution in [2.24, 2.45) is 0 Å². The van der Waals surface area contributed by atoms with Gasteiger partial charge in [-0.05, 0) is 61.6 Å². The fourth-order valence-electron chi connectivity index (χ4n) is 4.83. The number of halogens is 3. The van der Waals surface area contributed by atoms with Crippen LogP contribution in [0.4, 0.5) is 29.3 Å². The van der Waals surface area contributed by atoms with Crippen LogP contribution in [0.25, 0.3) is 0 Å². The highest BCUT2D eigenvalue weighted by atomic mass is 19.4. The molecule has 216 valence electrons. The maximum atomic E-state index is 12.5. The van der Waals surface area contributed by atoms with E-state index in [-0.39, 0.29) is 29.9 Å². The first kappa shape index (κ1) is 29.0. The van der Waals surface area contributed by atoms with Crippen LogP contribution in [-0.2, 0) is 11.3 Å². The molecule has 5 N–H and O–H groups in total. The lowest BCUT2D eigenvalue weighted by molar-refractivity contribution is -0.274. The number of nitrogens with zero attached hydrogens (tertiary/aromatic N) is 2. The number of likely N-dealkylation sites (tertiary alicyclic amines) is 2. The molecule has 2 aliphatic rings. The number of aryl methyl sites for hydroxylation is 1. The molecule has 4 amide bonds. The van der Waals surface area contributed by atoms with E-state index in [0.717, 1.165) is 67.5 Å². The van der Waals surface area contributed by atoms with Gasteiger partial charge in [0.05, 0.1) is 12.1 Å². The van der Waals surface area contributed by atoms with Crippen LogP contribution in [0.5, 0.6) is 5.75 Å². The Balaban J connectivity index is 1.24. The number of benzene rings is 2. The molecule has 2 saturated heterocycles. The smallest absolute Gasteiger partial charge is 0.406 e. The largest absolute Gasteiger partial charge is 0.573 e. The Kier molecular flexibility index (Phi) is 9.03. The van der Waals surface area contributed by atoms with E-state index in [2.05, 4.69) is 25.6 Å². The Morgan fingerprint density at radius 1 is 1.07 bits per heavy atom. The van der Waals surface area contributed by atoms with Gasteiger partial charge in [0.2, 0.25) is 5.91 Å². The molecule has 10 nitrogen and oxygen atoms in total. The van der Waals surface area contributed by atoms with Crippen LogP contribution in [0.15, 0.2) is 36.4 Å². The molecule has 1 atom stereocenters. The van der Waals surface area contributed by atoms with Crippen molar-refractivity contribution in [3.8, 4) is 5.75 Å². The van der Waals surface area contributed by atoms with E-state index in [1.807, 2.05) is 30.0 Å². The van der Waals surface area contributed by atoms with Crippen molar-refractivity contribution in [1.82, 2.24) is 20.4 Å². The first-order valence-electron chi connectivity index (χ1n) is 13.1. The van der Waals surface area contributed by atoms with Crippen LogP contribution >= 0.6 is 0 Å². The van der Waals surface area contributed by atoms with Gasteiger partial charge in [0.25, 0.3) is 5.91 Å². The van der Waals surface area contributed by atoms with E-state index in [1.165, 1.54) is 0 Å². The zero-order valence-electron chi connectivity index (χ0n) is 22.1. The molecule has 40 heavy (non-hydrogen) atoms. The second-order valence-corrected chi connectivity index (χ2v) is 10.0. The van der Waals surface area contributed by atoms with Gasteiger partial charge in [0.1, 0.15) is 5.75 Å². The maximum absolute atomic E-state index is 12.5. The summed E-state index contributed by atoms with van der Waals surface area (Å²) in [6.07, 6.45) is -2.15. The number of anilines is 2. The summed E-state index contributed by atoms with van der Waals surface area (Å²) in [7, 11) is 0. The Labute approximate surface area is 230 Å². The summed E-state index contributed by atoms with van der Waals surface area (Å²) in [4.78, 5) is 41.4. The molecule has 0 aromatic heterocycles. The molecule has 0 bridgehead atoms. The van der Waals surface area contributed by atoms with Gasteiger partial charge in [-0.2, -0.15) is 0 Å². The molecule has 13 heteroatoms. The zero-order chi connectivity index (χ0) is 28.9. The molecule has 0 saturated carbocycles. The fraction of sp³-hybridized carbons (Fsp3) is 0.444. The van der Waals surface area contributed by atoms with Crippen LogP contribution in [0.1, 0.15) is 40.7 Å². The predicted octanol–water partition coefficient (Wildman–Crippen LogP) is 3.22. The second kappa shape index (κ2) is 12.5. The van der Waals surface area contributed by atoms with Crippen LogP contribution in [0, 0.1) is 6.92 Å². The number of carbonyl (C=O) groups excluding carboxylic acids is 3. The standard InChI is InChI=1S/C27H33F3N6O4/c1-17-4-5-18(12-23(17)34-26(39)36-9-2-3-10-36)15-35-11-8-19(16-35)33-24(37)14-32-25(38)21-13-20(6-7-22(21)31)40-27(28,29)30/h4-7,12-13,19H,2-3,8-11,14-16,31H2,1H3,(H,32,38)(H,33,37)(H,34,39)/t19-/m1/s1. The van der Waals surface area contributed by atoms with Gasteiger partial charge in [-0.1, -0.05) is 12.1 Å². The molecule has 2 aromatic rings. The molecule has 2 fully saturated rings. The molecule has 2 heterocycles. The summed E-state index contributed by atoms with van der Waals surface area (Å²) < 4.78 is 41.3. The highest BCUT2D eigenvalue weighted by Gasteiger charge is 2.31. The van der Waals surface area contributed by atoms with Crippen LogP contribution in [0.3, 0.4) is 0 Å². The molecule has 0 spiro atoms. The Bertz CT molecular complexity index is 1250. The Morgan fingerprint density at radius 3 is 2.55 bits per heavy atom. The van der Waals surface area contributed by atoms with Crippen molar-refractivity contribution in [3.63, 3.8) is 0 Å². The van der Waals surface area contributed by atoms with E-state index in [4.69, 9.17) is 5.73 Å². The number of alkyl halides is 3. The highest BCUT2D eigenvalue weighted by molar-refractivity contribution is 6.01. The first-order valence-corrected chi connectivity index (χ1v) is 13.1. The second-order valence-electron chi connectivity index (χ2n) is 10.0. The topological polar surface area (TPSA) is 129 Å². The number of amides is 4. The van der Waals surface area contributed by atoms with Gasteiger partial charge in [-0.15, -0.1) is 13.2 Å². The lowest BCUT2D eigenvalue weighted by atomic mass is 10.1. The van der Waals surface area contributed by atoms with E-state index in [0.29, 0.717) is 19.5 Å². The van der Waals surface area contributed by atoms with Gasteiger partial charge < -0.3 is 31.3 Å². The third-order valence-corrected chi connectivity index (χ3v) is 6.89. The number of nitrogen functional groups attached to an aromatic ring is 1. The van der Waals surface area contributed by atoms with Crippen LogP contribution in [0.2, 0.25) is 0 Å². The van der Waals surface area contributed by atoms with E-state index in [9.17, 15) is 27.6 Å². The Hall–Kier alpha value is -4.00. The minimum atomic E-state index is -4.91. The number of hydrogen-bond donors (Lipinski definition) is 4. The van der Waals surface area contributed by atoms with E-state index < -0.39 is 23.9 Å². The summed E-state index contributed by atoms with van der Waals surface area (Å²) in [6.45, 7) is 5.13. The van der Waals surface area contributed by atoms with Gasteiger partial charge in [-0.3, -0.25) is 14.5 Å². The number of carbonyl (C=O) groups is 3. The van der Waals surface area contributed by atoms with Crippen molar-refractivity contribution >= 4 is 29.2 Å². The normalized spacial score (nSPS) is 17.5. The average molecular weight is 563 g/mol. The molecule has 0 unspecified atom stereocenters. The third-order valence-electron chi connectivity index (χ3n) is 6.89. The number of nitrogens with one attached hydrogen (secondary N) is 3. The van der Waals surface area contributed by atoms with Crippen molar-refractivity contribution in [2.75, 3.05) is 43.8 Å². The molecule has 4 rings (SSSR count). The monoisotopic (exact) mass is 562 g/mol. The third kappa shape index (κ3) is 8.01. The average Bonchev–Trinajstić information content (AvgIpc) is 3.58. The molecular formula is C27H33F3N6O4. The maximum Gasteiger partial charge on any atom is 0.573 e. The molecular weight excluding hydrogens is 529 g/mol. The van der Waals surface area contributed by atoms with Crippen molar-refractivity contribution in [3.05, 3.63) is 53.1 Å². The minimum Gasteiger partial charge on any atom is -0.406 e. The van der Waals surface area contributed by atoms with E-state index in [1.54, 1.807) is 0 Å². The van der Waals surface area contributed by atoms with Crippen molar-refractivity contribution in [1.29, 1.82) is 0 Å². The summed E-state index contributed by atoms with van der Waals surface area (Å²) in [6, 6.07) is 8.76. The predicted molar refractivity (Wildman–Crippen MR) is 143 cm³/mol. The molecule has 0 aliphatic carbocycles. The number of urea groups is 1. The highest BCUT2D eigenvalue weighted by Crippen LogP contribution is 2.26. The number of nitrogens with two attached hydrogens (primary N) is 1. The van der Waals surface area contributed by atoms with Gasteiger partial charge in [-0.25, -0.2) is 4.79 Å². The number of hydrogen-bond acceptors (Lipinski definition) is 6. The molecule has 2 aromatic carbocycles. The van der Waals surface area contributed by atoms with Crippen LogP contribution in [-0.4, -0.2) is 72.8 Å². The first-order chi connectivity index (χ1) is 19.0. The quantitative estimate of drug-likeness (QED) is 0.366. The minimum absolute atomic E-state index is 0.0475. The fourth-order valence-corrected chi connectivity index (χ4v) is 4.83. The molecule has 2 aliphatic heterocycles.